The van der Waals surface area contributed by atoms with Gasteiger partial charge in [-0.2, -0.15) is 0 Å². The zero-order valence-electron chi connectivity index (χ0n) is 12.1. The second-order valence-corrected chi connectivity index (χ2v) is 6.40. The Morgan fingerprint density at radius 1 is 1.40 bits per heavy atom. The van der Waals surface area contributed by atoms with Crippen molar-refractivity contribution >= 4 is 28.0 Å². The summed E-state index contributed by atoms with van der Waals surface area (Å²) < 4.78 is 13.1. The van der Waals surface area contributed by atoms with Crippen LogP contribution in [0, 0.1) is 0 Å². The maximum absolute atomic E-state index is 12.2. The lowest BCUT2D eigenvalue weighted by molar-refractivity contribution is 0.0958. The van der Waals surface area contributed by atoms with Crippen molar-refractivity contribution in [2.45, 2.75) is 13.3 Å². The molecular weight excluding hydrogens is 272 g/mol. The second-order valence-electron chi connectivity index (χ2n) is 4.85. The molecule has 1 aromatic carbocycles. The Hall–Kier alpha value is -1.46. The third-order valence-corrected chi connectivity index (χ3v) is 4.20. The number of benzene rings is 1. The Bertz CT molecular complexity index is 620. The molecule has 108 valence electrons. The van der Waals surface area contributed by atoms with Gasteiger partial charge in [0.15, 0.2) is 0 Å². The Balaban J connectivity index is 2.29. The number of hydrogen-bond acceptors (Lipinski definition) is 2. The molecule has 0 fully saturated rings. The summed E-state index contributed by atoms with van der Waals surface area (Å²) in [4.78, 5) is 12.2. The van der Waals surface area contributed by atoms with Crippen molar-refractivity contribution < 1.29 is 9.35 Å². The quantitative estimate of drug-likeness (QED) is 0.855. The molecule has 5 heteroatoms. The molecule has 0 spiro atoms. The summed E-state index contributed by atoms with van der Waals surface area (Å²) in [5.41, 5.74) is 3.03. The summed E-state index contributed by atoms with van der Waals surface area (Å²) in [6, 6.07) is 5.86. The number of hydrogen-bond donors (Lipinski definition) is 1. The minimum Gasteiger partial charge on any atom is -0.617 e. The number of carbonyl (C=O) groups is 1. The van der Waals surface area contributed by atoms with E-state index in [4.69, 9.17) is 0 Å². The van der Waals surface area contributed by atoms with Crippen molar-refractivity contribution in [1.29, 1.82) is 0 Å². The zero-order valence-corrected chi connectivity index (χ0v) is 12.9. The van der Waals surface area contributed by atoms with E-state index in [1.54, 1.807) is 6.26 Å². The van der Waals surface area contributed by atoms with Gasteiger partial charge in [0, 0.05) is 24.2 Å². The SMILES string of the molecule is CCc1ccc(C(=O)NCC[S+](C)[O-])c2ccn(C)c12. The third kappa shape index (κ3) is 2.99. The van der Waals surface area contributed by atoms with Crippen LogP contribution >= 0.6 is 0 Å². The van der Waals surface area contributed by atoms with Gasteiger partial charge in [-0.15, -0.1) is 0 Å². The number of aromatic nitrogens is 1. The second kappa shape index (κ2) is 6.33. The number of fused-ring (bicyclic) bond motifs is 1. The van der Waals surface area contributed by atoms with Crippen molar-refractivity contribution in [2.24, 2.45) is 7.05 Å². The highest BCUT2D eigenvalue weighted by atomic mass is 32.2. The van der Waals surface area contributed by atoms with Crippen LogP contribution in [0.1, 0.15) is 22.8 Å². The predicted molar refractivity (Wildman–Crippen MR) is 83.6 cm³/mol. The lowest BCUT2D eigenvalue weighted by Crippen LogP contribution is -2.28. The molecule has 1 aromatic heterocycles. The number of rotatable bonds is 5. The third-order valence-electron chi connectivity index (χ3n) is 3.42. The molecule has 0 saturated carbocycles. The van der Waals surface area contributed by atoms with E-state index in [-0.39, 0.29) is 5.91 Å². The van der Waals surface area contributed by atoms with Crippen LogP contribution in [0.3, 0.4) is 0 Å². The normalized spacial score (nSPS) is 12.6. The highest BCUT2D eigenvalue weighted by molar-refractivity contribution is 7.90. The molecule has 4 nitrogen and oxygen atoms in total. The van der Waals surface area contributed by atoms with Crippen LogP contribution < -0.4 is 5.32 Å². The van der Waals surface area contributed by atoms with Crippen LogP contribution in [0.4, 0.5) is 0 Å². The van der Waals surface area contributed by atoms with Gasteiger partial charge in [-0.1, -0.05) is 24.2 Å². The molecule has 2 aromatic rings. The van der Waals surface area contributed by atoms with E-state index in [0.29, 0.717) is 17.9 Å². The van der Waals surface area contributed by atoms with Crippen LogP contribution in [0.2, 0.25) is 0 Å². The molecule has 1 heterocycles. The van der Waals surface area contributed by atoms with Crippen molar-refractivity contribution in [3.63, 3.8) is 0 Å². The Labute approximate surface area is 122 Å². The number of aryl methyl sites for hydroxylation is 2. The fourth-order valence-electron chi connectivity index (χ4n) is 2.39. The van der Waals surface area contributed by atoms with Gasteiger partial charge in [-0.25, -0.2) is 0 Å². The fourth-order valence-corrected chi connectivity index (χ4v) is 2.78. The molecule has 0 bridgehead atoms. The molecule has 0 aliphatic carbocycles. The van der Waals surface area contributed by atoms with E-state index in [1.807, 2.05) is 36.0 Å². The van der Waals surface area contributed by atoms with Crippen molar-refractivity contribution in [3.8, 4) is 0 Å². The van der Waals surface area contributed by atoms with E-state index in [2.05, 4.69) is 12.2 Å². The summed E-state index contributed by atoms with van der Waals surface area (Å²) in [6.45, 7) is 2.55. The maximum atomic E-state index is 12.2. The van der Waals surface area contributed by atoms with Crippen LogP contribution in [-0.4, -0.2) is 33.6 Å². The fraction of sp³-hybridized carbons (Fsp3) is 0.400. The van der Waals surface area contributed by atoms with Crippen molar-refractivity contribution in [2.75, 3.05) is 18.6 Å². The molecule has 20 heavy (non-hydrogen) atoms. The molecule has 0 radical (unpaired) electrons. The molecule has 0 aliphatic rings. The topological polar surface area (TPSA) is 57.1 Å². The van der Waals surface area contributed by atoms with E-state index in [0.717, 1.165) is 17.3 Å². The molecule has 0 aliphatic heterocycles. The van der Waals surface area contributed by atoms with Gasteiger partial charge in [0.25, 0.3) is 5.91 Å². The highest BCUT2D eigenvalue weighted by Gasteiger charge is 2.14. The van der Waals surface area contributed by atoms with Crippen LogP contribution in [0.15, 0.2) is 24.4 Å². The van der Waals surface area contributed by atoms with Gasteiger partial charge >= 0.3 is 0 Å². The lowest BCUT2D eigenvalue weighted by Gasteiger charge is -2.10. The Kier molecular flexibility index (Phi) is 4.73. The van der Waals surface area contributed by atoms with Crippen LogP contribution in [-0.2, 0) is 24.6 Å². The maximum Gasteiger partial charge on any atom is 0.252 e. The molecule has 1 N–H and O–H groups in total. The van der Waals surface area contributed by atoms with Gasteiger partial charge in [-0.3, -0.25) is 4.79 Å². The summed E-state index contributed by atoms with van der Waals surface area (Å²) in [5.74, 6) is 0.380. The molecule has 0 saturated heterocycles. The van der Waals surface area contributed by atoms with E-state index < -0.39 is 11.2 Å². The minimum atomic E-state index is -0.885. The minimum absolute atomic E-state index is 0.102. The average Bonchev–Trinajstić information content (AvgIpc) is 2.80. The van der Waals surface area contributed by atoms with Gasteiger partial charge in [0.2, 0.25) is 0 Å². The molecule has 2 rings (SSSR count). The number of nitrogens with zero attached hydrogens (tertiary/aromatic N) is 1. The van der Waals surface area contributed by atoms with Crippen molar-refractivity contribution in [1.82, 2.24) is 9.88 Å². The first kappa shape index (κ1) is 14.9. The Morgan fingerprint density at radius 3 is 2.80 bits per heavy atom. The van der Waals surface area contributed by atoms with Gasteiger partial charge in [0.05, 0.1) is 18.3 Å². The summed E-state index contributed by atoms with van der Waals surface area (Å²) in [7, 11) is 1.99. The summed E-state index contributed by atoms with van der Waals surface area (Å²) >= 11 is -0.885. The van der Waals surface area contributed by atoms with Crippen molar-refractivity contribution in [3.05, 3.63) is 35.5 Å². The lowest BCUT2D eigenvalue weighted by atomic mass is 10.0. The first-order valence-corrected chi connectivity index (χ1v) is 8.42. The monoisotopic (exact) mass is 292 g/mol. The number of carbonyl (C=O) groups excluding carboxylic acids is 1. The Morgan fingerprint density at radius 2 is 2.15 bits per heavy atom. The zero-order chi connectivity index (χ0) is 14.7. The van der Waals surface area contributed by atoms with Gasteiger partial charge in [-0.05, 0) is 24.1 Å². The largest absolute Gasteiger partial charge is 0.617 e. The average molecular weight is 292 g/mol. The molecule has 1 amide bonds. The summed E-state index contributed by atoms with van der Waals surface area (Å²) in [5, 5.41) is 3.80. The van der Waals surface area contributed by atoms with Gasteiger partial charge < -0.3 is 14.4 Å². The molecule has 1 atom stereocenters. The molecule has 1 unspecified atom stereocenters. The first-order valence-electron chi connectivity index (χ1n) is 6.69. The molecular formula is C15H20N2O2S. The predicted octanol–water partition coefficient (Wildman–Crippen LogP) is 1.85. The highest BCUT2D eigenvalue weighted by Crippen LogP contribution is 2.24. The first-order chi connectivity index (χ1) is 9.54. The van der Waals surface area contributed by atoms with Crippen LogP contribution in [0.25, 0.3) is 10.9 Å². The number of amides is 1. The number of nitrogens with one attached hydrogen (secondary N) is 1. The smallest absolute Gasteiger partial charge is 0.252 e. The van der Waals surface area contributed by atoms with E-state index in [9.17, 15) is 9.35 Å². The van der Waals surface area contributed by atoms with Gasteiger partial charge in [0.1, 0.15) is 5.75 Å². The van der Waals surface area contributed by atoms with E-state index >= 15 is 0 Å². The summed E-state index contributed by atoms with van der Waals surface area (Å²) in [6.07, 6.45) is 4.55. The standard InChI is InChI=1S/C15H20N2O2S/c1-4-11-5-6-13(12-7-9-17(2)14(11)12)15(18)16-8-10-20(3)19/h5-7,9H,4,8,10H2,1-3H3,(H,16,18). The van der Waals surface area contributed by atoms with E-state index in [1.165, 1.54) is 5.56 Å². The van der Waals surface area contributed by atoms with Crippen LogP contribution in [0.5, 0.6) is 0 Å².